The van der Waals surface area contributed by atoms with E-state index >= 15 is 0 Å². The van der Waals surface area contributed by atoms with E-state index in [2.05, 4.69) is 40.8 Å². The summed E-state index contributed by atoms with van der Waals surface area (Å²) >= 11 is 0. The lowest BCUT2D eigenvalue weighted by molar-refractivity contribution is -0.0947. The Morgan fingerprint density at radius 3 is 2.70 bits per heavy atom. The first kappa shape index (κ1) is 20.7. The zero-order valence-electron chi connectivity index (χ0n) is 17.8. The molecule has 1 aliphatic rings. The number of fused-ring (bicyclic) bond motifs is 1. The molecule has 1 saturated heterocycles. The number of aliphatic hydroxyl groups is 1. The smallest absolute Gasteiger partial charge is 0.128 e. The number of aryl methyl sites for hydroxylation is 1. The Kier molecular flexibility index (Phi) is 5.99. The first-order chi connectivity index (χ1) is 14.4. The van der Waals surface area contributed by atoms with E-state index in [-0.39, 0.29) is 12.2 Å². The van der Waals surface area contributed by atoms with Gasteiger partial charge in [-0.3, -0.25) is 4.90 Å². The second-order valence-corrected chi connectivity index (χ2v) is 8.49. The van der Waals surface area contributed by atoms with E-state index in [4.69, 9.17) is 9.47 Å². The molecule has 0 radical (unpaired) electrons. The maximum absolute atomic E-state index is 10.6. The molecule has 3 aromatic rings. The van der Waals surface area contributed by atoms with Crippen molar-refractivity contribution in [3.05, 3.63) is 54.6 Å². The minimum atomic E-state index is -0.590. The fourth-order valence-corrected chi connectivity index (χ4v) is 4.00. The number of β-amino-alcohol motifs (C(OH)–C–C–N with tert-alkyl or cyclic N) is 1. The number of ether oxygens (including phenoxy) is 2. The molecule has 6 nitrogen and oxygen atoms in total. The van der Waals surface area contributed by atoms with Crippen LogP contribution in [0.4, 0.5) is 0 Å². The van der Waals surface area contributed by atoms with Crippen molar-refractivity contribution in [1.82, 2.24) is 14.9 Å². The summed E-state index contributed by atoms with van der Waals surface area (Å²) in [6, 6.07) is 12.2. The summed E-state index contributed by atoms with van der Waals surface area (Å²) in [5.41, 5.74) is 1.67. The van der Waals surface area contributed by atoms with Gasteiger partial charge in [0, 0.05) is 43.2 Å². The van der Waals surface area contributed by atoms with E-state index < -0.39 is 6.10 Å². The summed E-state index contributed by atoms with van der Waals surface area (Å²) in [5.74, 6) is 1.45. The van der Waals surface area contributed by atoms with Crippen molar-refractivity contribution in [2.75, 3.05) is 32.8 Å². The number of nitrogens with zero attached hydrogens (tertiary/aromatic N) is 3. The molecule has 1 unspecified atom stereocenters. The van der Waals surface area contributed by atoms with Crippen molar-refractivity contribution in [1.29, 1.82) is 0 Å². The molecule has 1 aliphatic heterocycles. The summed E-state index contributed by atoms with van der Waals surface area (Å²) < 4.78 is 11.9. The summed E-state index contributed by atoms with van der Waals surface area (Å²) in [6.45, 7) is 9.10. The van der Waals surface area contributed by atoms with Crippen LogP contribution in [-0.2, 0) is 4.74 Å². The van der Waals surface area contributed by atoms with Crippen molar-refractivity contribution < 1.29 is 14.6 Å². The number of hydrogen-bond donors (Lipinski definition) is 1. The predicted octanol–water partition coefficient (Wildman–Crippen LogP) is 3.46. The SMILES string of the molecule is Cc1ncc(-c2c(OCC(O)CN3CCOC(C)(C)C3)ccc3ccccc23)cn1. The molecule has 0 saturated carbocycles. The molecule has 0 spiro atoms. The molecule has 0 amide bonds. The zero-order chi connectivity index (χ0) is 21.1. The van der Waals surface area contributed by atoms with Crippen LogP contribution in [0.2, 0.25) is 0 Å². The summed E-state index contributed by atoms with van der Waals surface area (Å²) in [7, 11) is 0. The lowest BCUT2D eigenvalue weighted by Crippen LogP contribution is -2.50. The van der Waals surface area contributed by atoms with Crippen LogP contribution in [0, 0.1) is 6.92 Å². The van der Waals surface area contributed by atoms with E-state index in [0.29, 0.717) is 13.2 Å². The van der Waals surface area contributed by atoms with E-state index in [1.807, 2.05) is 43.6 Å². The molecule has 1 fully saturated rings. The molecule has 1 aromatic heterocycles. The van der Waals surface area contributed by atoms with E-state index in [0.717, 1.165) is 46.6 Å². The number of morpholine rings is 1. The first-order valence-corrected chi connectivity index (χ1v) is 10.4. The number of aromatic nitrogens is 2. The van der Waals surface area contributed by atoms with Crippen LogP contribution in [0.1, 0.15) is 19.7 Å². The minimum Gasteiger partial charge on any atom is -0.490 e. The van der Waals surface area contributed by atoms with Crippen LogP contribution < -0.4 is 4.74 Å². The van der Waals surface area contributed by atoms with Gasteiger partial charge in [0.1, 0.15) is 24.3 Å². The van der Waals surface area contributed by atoms with Crippen LogP contribution in [0.3, 0.4) is 0 Å². The zero-order valence-corrected chi connectivity index (χ0v) is 17.8. The highest BCUT2D eigenvalue weighted by molar-refractivity contribution is 5.99. The molecular formula is C24H29N3O3. The Hall–Kier alpha value is -2.54. The molecule has 2 heterocycles. The molecule has 30 heavy (non-hydrogen) atoms. The molecule has 1 atom stereocenters. The number of rotatable bonds is 6. The van der Waals surface area contributed by atoms with Crippen LogP contribution >= 0.6 is 0 Å². The molecule has 2 aromatic carbocycles. The fourth-order valence-electron chi connectivity index (χ4n) is 4.00. The lowest BCUT2D eigenvalue weighted by atomic mass is 9.99. The Bertz CT molecular complexity index is 1000. The van der Waals surface area contributed by atoms with Crippen LogP contribution in [-0.4, -0.2) is 64.5 Å². The molecular weight excluding hydrogens is 378 g/mol. The Morgan fingerprint density at radius 2 is 1.93 bits per heavy atom. The number of hydrogen-bond acceptors (Lipinski definition) is 6. The van der Waals surface area contributed by atoms with Gasteiger partial charge in [0.2, 0.25) is 0 Å². The van der Waals surface area contributed by atoms with Crippen molar-refractivity contribution in [2.45, 2.75) is 32.5 Å². The maximum Gasteiger partial charge on any atom is 0.128 e. The predicted molar refractivity (Wildman–Crippen MR) is 118 cm³/mol. The van der Waals surface area contributed by atoms with Crippen molar-refractivity contribution in [2.24, 2.45) is 0 Å². The van der Waals surface area contributed by atoms with E-state index in [1.165, 1.54) is 0 Å². The minimum absolute atomic E-state index is 0.185. The Morgan fingerprint density at radius 1 is 1.17 bits per heavy atom. The second-order valence-electron chi connectivity index (χ2n) is 8.49. The molecule has 158 valence electrons. The van der Waals surface area contributed by atoms with E-state index in [1.54, 1.807) is 0 Å². The van der Waals surface area contributed by atoms with Crippen molar-refractivity contribution >= 4 is 10.8 Å². The Labute approximate surface area is 177 Å². The molecule has 4 rings (SSSR count). The largest absolute Gasteiger partial charge is 0.490 e. The third-order valence-electron chi connectivity index (χ3n) is 5.37. The Balaban J connectivity index is 1.54. The average Bonchev–Trinajstić information content (AvgIpc) is 2.72. The van der Waals surface area contributed by atoms with Gasteiger partial charge < -0.3 is 14.6 Å². The van der Waals surface area contributed by atoms with Gasteiger partial charge in [-0.2, -0.15) is 0 Å². The quantitative estimate of drug-likeness (QED) is 0.675. The number of aliphatic hydroxyl groups excluding tert-OH is 1. The van der Waals surface area contributed by atoms with Crippen molar-refractivity contribution in [3.8, 4) is 16.9 Å². The topological polar surface area (TPSA) is 67.7 Å². The third-order valence-corrected chi connectivity index (χ3v) is 5.37. The lowest BCUT2D eigenvalue weighted by Gasteiger charge is -2.38. The van der Waals surface area contributed by atoms with Crippen molar-refractivity contribution in [3.63, 3.8) is 0 Å². The summed E-state index contributed by atoms with van der Waals surface area (Å²) in [5, 5.41) is 12.8. The molecule has 6 heteroatoms. The molecule has 0 aliphatic carbocycles. The average molecular weight is 408 g/mol. The fraction of sp³-hybridized carbons (Fsp3) is 0.417. The van der Waals surface area contributed by atoms with Gasteiger partial charge in [-0.1, -0.05) is 30.3 Å². The first-order valence-electron chi connectivity index (χ1n) is 10.4. The van der Waals surface area contributed by atoms with Gasteiger partial charge >= 0.3 is 0 Å². The van der Waals surface area contributed by atoms with Gasteiger partial charge in [0.15, 0.2) is 0 Å². The third kappa shape index (κ3) is 4.78. The normalized spacial score (nSPS) is 17.7. The standard InChI is InChI=1S/C24H29N3O3/c1-17-25-12-19(13-26-17)23-21-7-5-4-6-18(21)8-9-22(23)29-15-20(28)14-27-10-11-30-24(2,3)16-27/h4-9,12-13,20,28H,10-11,14-16H2,1-3H3. The maximum atomic E-state index is 10.6. The molecule has 0 bridgehead atoms. The van der Waals surface area contributed by atoms with E-state index in [9.17, 15) is 5.11 Å². The van der Waals surface area contributed by atoms with Crippen LogP contribution in [0.15, 0.2) is 48.8 Å². The highest BCUT2D eigenvalue weighted by Crippen LogP contribution is 2.36. The second kappa shape index (κ2) is 8.68. The summed E-state index contributed by atoms with van der Waals surface area (Å²) in [6.07, 6.45) is 3.05. The number of benzene rings is 2. The van der Waals surface area contributed by atoms with Gasteiger partial charge in [-0.15, -0.1) is 0 Å². The molecule has 1 N–H and O–H groups in total. The van der Waals surface area contributed by atoms with Gasteiger partial charge in [-0.25, -0.2) is 9.97 Å². The van der Waals surface area contributed by atoms with Gasteiger partial charge in [-0.05, 0) is 37.6 Å². The highest BCUT2D eigenvalue weighted by Gasteiger charge is 2.28. The summed E-state index contributed by atoms with van der Waals surface area (Å²) in [4.78, 5) is 10.9. The van der Waals surface area contributed by atoms with Gasteiger partial charge in [0.05, 0.1) is 12.2 Å². The monoisotopic (exact) mass is 407 g/mol. The van der Waals surface area contributed by atoms with Crippen LogP contribution in [0.5, 0.6) is 5.75 Å². The van der Waals surface area contributed by atoms with Gasteiger partial charge in [0.25, 0.3) is 0 Å². The van der Waals surface area contributed by atoms with Crippen LogP contribution in [0.25, 0.3) is 21.9 Å². The highest BCUT2D eigenvalue weighted by atomic mass is 16.5.